The van der Waals surface area contributed by atoms with E-state index in [4.69, 9.17) is 0 Å². The van der Waals surface area contributed by atoms with Crippen LogP contribution >= 0.6 is 0 Å². The average molecular weight is 434 g/mol. The van der Waals surface area contributed by atoms with Crippen LogP contribution in [0.15, 0.2) is 64.7 Å². The van der Waals surface area contributed by atoms with E-state index in [0.29, 0.717) is 17.5 Å². The molecule has 1 saturated heterocycles. The van der Waals surface area contributed by atoms with Crippen molar-refractivity contribution in [2.24, 2.45) is 22.2 Å². The Morgan fingerprint density at radius 3 is 2.59 bits per heavy atom. The van der Waals surface area contributed by atoms with Crippen LogP contribution in [0.2, 0.25) is 0 Å². The summed E-state index contributed by atoms with van der Waals surface area (Å²) >= 11 is 0. The molecule has 2 fully saturated rings. The number of carbonyl (C=O) groups is 1. The highest BCUT2D eigenvalue weighted by atomic mass is 16.1. The monoisotopic (exact) mass is 433 g/mol. The Morgan fingerprint density at radius 2 is 1.97 bits per heavy atom. The van der Waals surface area contributed by atoms with Crippen LogP contribution in [0.3, 0.4) is 0 Å². The van der Waals surface area contributed by atoms with Crippen LogP contribution in [-0.4, -0.2) is 31.8 Å². The molecular weight excluding hydrogens is 394 g/mol. The zero-order valence-corrected chi connectivity index (χ0v) is 20.6. The molecule has 0 spiro atoms. The van der Waals surface area contributed by atoms with Crippen molar-refractivity contribution >= 4 is 17.3 Å². The number of amides is 1. The summed E-state index contributed by atoms with van der Waals surface area (Å²) in [6.45, 7) is 13.5. The number of hydrogen-bond donors (Lipinski definition) is 1. The summed E-state index contributed by atoms with van der Waals surface area (Å²) in [7, 11) is 1.72. The molecule has 1 aliphatic carbocycles. The van der Waals surface area contributed by atoms with Gasteiger partial charge in [-0.15, -0.1) is 0 Å². The maximum Gasteiger partial charge on any atom is 0.253 e. The number of fused-ring (bicyclic) bond motifs is 1. The zero-order valence-electron chi connectivity index (χ0n) is 20.6. The van der Waals surface area contributed by atoms with Gasteiger partial charge in [-0.1, -0.05) is 50.3 Å². The summed E-state index contributed by atoms with van der Waals surface area (Å²) in [5, 5.41) is 3.07. The molecule has 2 aliphatic rings. The molecule has 0 radical (unpaired) electrons. The predicted octanol–water partition coefficient (Wildman–Crippen LogP) is 5.71. The first-order valence-electron chi connectivity index (χ1n) is 11.8. The SMILES string of the molecule is C\C=C/C=C\C(C)=C(/C(=O)NCc1ccc(N2C[C@@H]3C[C@@H](C)C[C@]3(C)C2)cc1)C(C)=NC. The molecule has 4 nitrogen and oxygen atoms in total. The van der Waals surface area contributed by atoms with Crippen molar-refractivity contribution in [3.63, 3.8) is 0 Å². The lowest BCUT2D eigenvalue weighted by molar-refractivity contribution is -0.117. The highest BCUT2D eigenvalue weighted by Crippen LogP contribution is 2.51. The Labute approximate surface area is 194 Å². The number of benzene rings is 1. The first-order chi connectivity index (χ1) is 15.3. The minimum atomic E-state index is -0.0887. The molecule has 1 aliphatic heterocycles. The Bertz CT molecular complexity index is 938. The van der Waals surface area contributed by atoms with E-state index in [9.17, 15) is 4.79 Å². The van der Waals surface area contributed by atoms with E-state index in [0.717, 1.165) is 35.2 Å². The molecule has 1 aromatic rings. The smallest absolute Gasteiger partial charge is 0.253 e. The number of rotatable bonds is 7. The van der Waals surface area contributed by atoms with E-state index in [1.165, 1.54) is 25.1 Å². The van der Waals surface area contributed by atoms with Crippen LogP contribution in [0.5, 0.6) is 0 Å². The van der Waals surface area contributed by atoms with Gasteiger partial charge in [-0.3, -0.25) is 9.79 Å². The number of carbonyl (C=O) groups excluding carboxylic acids is 1. The third-order valence-electron chi connectivity index (χ3n) is 7.20. The summed E-state index contributed by atoms with van der Waals surface area (Å²) in [5.74, 6) is 1.59. The van der Waals surface area contributed by atoms with Gasteiger partial charge in [-0.25, -0.2) is 0 Å². The molecule has 1 N–H and O–H groups in total. The molecule has 3 atom stereocenters. The van der Waals surface area contributed by atoms with E-state index in [1.807, 2.05) is 45.1 Å². The lowest BCUT2D eigenvalue weighted by Gasteiger charge is -2.25. The molecule has 1 heterocycles. The molecule has 1 saturated carbocycles. The van der Waals surface area contributed by atoms with Crippen LogP contribution < -0.4 is 10.2 Å². The fourth-order valence-corrected chi connectivity index (χ4v) is 5.50. The lowest BCUT2D eigenvalue weighted by atomic mass is 9.83. The molecule has 1 aromatic carbocycles. The van der Waals surface area contributed by atoms with Crippen molar-refractivity contribution in [1.29, 1.82) is 0 Å². The molecule has 172 valence electrons. The fourth-order valence-electron chi connectivity index (χ4n) is 5.50. The number of hydrogen-bond acceptors (Lipinski definition) is 3. The minimum Gasteiger partial charge on any atom is -0.371 e. The van der Waals surface area contributed by atoms with E-state index in [1.54, 1.807) is 7.05 Å². The van der Waals surface area contributed by atoms with Crippen molar-refractivity contribution in [1.82, 2.24) is 5.32 Å². The highest BCUT2D eigenvalue weighted by Gasteiger charge is 2.48. The van der Waals surface area contributed by atoms with Crippen molar-refractivity contribution in [3.05, 3.63) is 65.3 Å². The van der Waals surface area contributed by atoms with E-state index >= 15 is 0 Å². The number of nitrogens with one attached hydrogen (secondary N) is 1. The number of allylic oxidation sites excluding steroid dienone is 5. The summed E-state index contributed by atoms with van der Waals surface area (Å²) in [5.41, 5.74) is 5.14. The van der Waals surface area contributed by atoms with Gasteiger partial charge in [0.25, 0.3) is 5.91 Å². The Balaban J connectivity index is 1.63. The van der Waals surface area contributed by atoms with Gasteiger partial charge in [0, 0.05) is 38.1 Å². The third kappa shape index (κ3) is 5.40. The van der Waals surface area contributed by atoms with E-state index in [2.05, 4.69) is 53.3 Å². The second-order valence-electron chi connectivity index (χ2n) is 9.88. The molecular formula is C28H39N3O. The van der Waals surface area contributed by atoms with Crippen molar-refractivity contribution in [2.75, 3.05) is 25.0 Å². The van der Waals surface area contributed by atoms with Crippen LogP contribution in [0.4, 0.5) is 5.69 Å². The second-order valence-corrected chi connectivity index (χ2v) is 9.88. The van der Waals surface area contributed by atoms with Crippen LogP contribution in [0.1, 0.15) is 53.0 Å². The van der Waals surface area contributed by atoms with Gasteiger partial charge in [-0.05, 0) is 74.1 Å². The van der Waals surface area contributed by atoms with Gasteiger partial charge in [0.05, 0.1) is 5.57 Å². The second kappa shape index (κ2) is 10.3. The Hall–Kier alpha value is -2.62. The predicted molar refractivity (Wildman–Crippen MR) is 136 cm³/mol. The Kier molecular flexibility index (Phi) is 7.76. The Morgan fingerprint density at radius 1 is 1.25 bits per heavy atom. The molecule has 1 amide bonds. The van der Waals surface area contributed by atoms with Gasteiger partial charge in [-0.2, -0.15) is 0 Å². The minimum absolute atomic E-state index is 0.0887. The highest BCUT2D eigenvalue weighted by molar-refractivity contribution is 6.21. The summed E-state index contributed by atoms with van der Waals surface area (Å²) in [6, 6.07) is 8.68. The van der Waals surface area contributed by atoms with Gasteiger partial charge in [0.2, 0.25) is 0 Å². The van der Waals surface area contributed by atoms with Crippen LogP contribution in [-0.2, 0) is 11.3 Å². The number of aliphatic imine (C=N–C) groups is 1. The van der Waals surface area contributed by atoms with E-state index < -0.39 is 0 Å². The van der Waals surface area contributed by atoms with Crippen molar-refractivity contribution in [3.8, 4) is 0 Å². The zero-order chi connectivity index (χ0) is 23.3. The molecule has 0 bridgehead atoms. The average Bonchev–Trinajstić information content (AvgIpc) is 3.22. The number of anilines is 1. The first-order valence-corrected chi connectivity index (χ1v) is 11.8. The maximum absolute atomic E-state index is 12.9. The fraction of sp³-hybridized carbons (Fsp3) is 0.500. The summed E-state index contributed by atoms with van der Waals surface area (Å²) < 4.78 is 0. The van der Waals surface area contributed by atoms with Crippen molar-refractivity contribution < 1.29 is 4.79 Å². The summed E-state index contributed by atoms with van der Waals surface area (Å²) in [6.07, 6.45) is 10.5. The van der Waals surface area contributed by atoms with Gasteiger partial charge < -0.3 is 10.2 Å². The molecule has 0 aromatic heterocycles. The summed E-state index contributed by atoms with van der Waals surface area (Å²) in [4.78, 5) is 19.7. The normalized spacial score (nSPS) is 26.7. The lowest BCUT2D eigenvalue weighted by Crippen LogP contribution is -2.28. The van der Waals surface area contributed by atoms with Crippen LogP contribution in [0.25, 0.3) is 0 Å². The maximum atomic E-state index is 12.9. The quantitative estimate of drug-likeness (QED) is 0.340. The van der Waals surface area contributed by atoms with E-state index in [-0.39, 0.29) is 5.91 Å². The van der Waals surface area contributed by atoms with Gasteiger partial charge >= 0.3 is 0 Å². The first kappa shape index (κ1) is 24.0. The molecule has 3 rings (SSSR count). The topological polar surface area (TPSA) is 44.7 Å². The van der Waals surface area contributed by atoms with Gasteiger partial charge in [0.15, 0.2) is 0 Å². The molecule has 4 heteroatoms. The van der Waals surface area contributed by atoms with Crippen LogP contribution in [0, 0.1) is 17.3 Å². The number of nitrogens with zero attached hydrogens (tertiary/aromatic N) is 2. The van der Waals surface area contributed by atoms with Crippen molar-refractivity contribution in [2.45, 2.75) is 54.0 Å². The largest absolute Gasteiger partial charge is 0.371 e. The van der Waals surface area contributed by atoms with Gasteiger partial charge in [0.1, 0.15) is 0 Å². The molecule has 32 heavy (non-hydrogen) atoms. The molecule has 0 unspecified atom stereocenters. The third-order valence-corrected chi connectivity index (χ3v) is 7.20. The standard InChI is InChI=1S/C28H39N3O/c1-7-8-9-10-21(3)26(22(4)29-6)27(32)30-17-23-11-13-25(14-12-23)31-18-24-15-20(2)16-28(24,5)19-31/h7-14,20,24H,15-19H2,1-6H3,(H,30,32)/b8-7-,10-9-,26-21-,29-22?/t20-,24+,28-/m1/s1.